The molecule has 2 bridgehead atoms. The highest BCUT2D eigenvalue weighted by molar-refractivity contribution is 4.97. The van der Waals surface area contributed by atoms with Crippen molar-refractivity contribution in [1.29, 1.82) is 0 Å². The Bertz CT molecular complexity index is 361. The van der Waals surface area contributed by atoms with Crippen LogP contribution in [0, 0.1) is 11.8 Å². The minimum Gasteiger partial charge on any atom is -0.395 e. The molecule has 1 N–H and O–H groups in total. The third kappa shape index (κ3) is 3.08. The van der Waals surface area contributed by atoms with Crippen LogP contribution < -0.4 is 0 Å². The predicted octanol–water partition coefficient (Wildman–Crippen LogP) is 1.25. The van der Waals surface area contributed by atoms with E-state index in [9.17, 15) is 0 Å². The van der Waals surface area contributed by atoms with Crippen LogP contribution in [0.2, 0.25) is 0 Å². The van der Waals surface area contributed by atoms with Gasteiger partial charge in [0.05, 0.1) is 6.61 Å². The zero-order valence-corrected chi connectivity index (χ0v) is 14.0. The molecule has 126 valence electrons. The second-order valence-electron chi connectivity index (χ2n) is 8.11. The molecule has 0 aromatic carbocycles. The number of aliphatic hydroxyl groups excluding tert-OH is 1. The van der Waals surface area contributed by atoms with Crippen molar-refractivity contribution in [3.63, 3.8) is 0 Å². The first kappa shape index (κ1) is 15.4. The summed E-state index contributed by atoms with van der Waals surface area (Å²) in [5.74, 6) is 2.12. The Morgan fingerprint density at radius 3 is 2.14 bits per heavy atom. The first-order valence-electron chi connectivity index (χ1n) is 9.65. The zero-order chi connectivity index (χ0) is 14.9. The molecule has 2 saturated carbocycles. The molecule has 0 spiro atoms. The Balaban J connectivity index is 1.23. The van der Waals surface area contributed by atoms with Gasteiger partial charge in [0, 0.05) is 44.8 Å². The summed E-state index contributed by atoms with van der Waals surface area (Å²) in [6.45, 7) is 8.56. The molecule has 0 aromatic rings. The fourth-order valence-corrected chi connectivity index (χ4v) is 5.73. The van der Waals surface area contributed by atoms with Crippen LogP contribution in [-0.2, 0) is 0 Å². The van der Waals surface area contributed by atoms with E-state index in [0.29, 0.717) is 6.61 Å². The number of piperidine rings is 1. The highest BCUT2D eigenvalue weighted by atomic mass is 16.3. The Morgan fingerprint density at radius 2 is 1.55 bits per heavy atom. The van der Waals surface area contributed by atoms with Gasteiger partial charge in [0.25, 0.3) is 0 Å². The fraction of sp³-hybridized carbons (Fsp3) is 1.00. The van der Waals surface area contributed by atoms with Crippen LogP contribution in [0.4, 0.5) is 0 Å². The number of piperazine rings is 1. The highest BCUT2D eigenvalue weighted by Crippen LogP contribution is 2.47. The van der Waals surface area contributed by atoms with E-state index in [1.165, 1.54) is 64.7 Å². The summed E-state index contributed by atoms with van der Waals surface area (Å²) in [4.78, 5) is 7.98. The van der Waals surface area contributed by atoms with Crippen molar-refractivity contribution in [1.82, 2.24) is 14.7 Å². The Morgan fingerprint density at radius 1 is 0.773 bits per heavy atom. The Hall–Kier alpha value is -0.160. The summed E-state index contributed by atoms with van der Waals surface area (Å²) in [5, 5.41) is 9.05. The van der Waals surface area contributed by atoms with Crippen molar-refractivity contribution < 1.29 is 5.11 Å². The van der Waals surface area contributed by atoms with Gasteiger partial charge in [0.15, 0.2) is 0 Å². The molecule has 2 aliphatic heterocycles. The molecule has 2 heterocycles. The lowest BCUT2D eigenvalue weighted by atomic mass is 9.91. The smallest absolute Gasteiger partial charge is 0.0558 e. The number of fused-ring (bicyclic) bond motifs is 2. The van der Waals surface area contributed by atoms with Crippen molar-refractivity contribution in [2.45, 2.75) is 50.6 Å². The molecule has 0 amide bonds. The lowest BCUT2D eigenvalue weighted by Gasteiger charge is -2.45. The average Bonchev–Trinajstić information content (AvgIpc) is 3.19. The van der Waals surface area contributed by atoms with Crippen LogP contribution in [0.1, 0.15) is 38.5 Å². The SMILES string of the molecule is OCCN1CCN(C2CCN([C@H]3C[C@@H]4CC[C@@H]3C4)CC2)CC1. The summed E-state index contributed by atoms with van der Waals surface area (Å²) in [6, 6.07) is 1.77. The maximum atomic E-state index is 9.05. The molecule has 4 heteroatoms. The lowest BCUT2D eigenvalue weighted by molar-refractivity contribution is 0.0345. The molecule has 0 aromatic heterocycles. The van der Waals surface area contributed by atoms with Gasteiger partial charge < -0.3 is 5.11 Å². The fourth-order valence-electron chi connectivity index (χ4n) is 5.73. The monoisotopic (exact) mass is 307 g/mol. The minimum absolute atomic E-state index is 0.307. The van der Waals surface area contributed by atoms with Crippen LogP contribution in [0.15, 0.2) is 0 Å². The third-order valence-electron chi connectivity index (χ3n) is 7.01. The Kier molecular flexibility index (Phi) is 4.72. The van der Waals surface area contributed by atoms with E-state index in [0.717, 1.165) is 43.6 Å². The maximum absolute atomic E-state index is 9.05. The summed E-state index contributed by atoms with van der Waals surface area (Å²) in [7, 11) is 0. The normalized spacial score (nSPS) is 38.9. The van der Waals surface area contributed by atoms with Crippen LogP contribution in [0.3, 0.4) is 0 Å². The van der Waals surface area contributed by atoms with E-state index < -0.39 is 0 Å². The molecule has 22 heavy (non-hydrogen) atoms. The zero-order valence-electron chi connectivity index (χ0n) is 14.0. The van der Waals surface area contributed by atoms with E-state index in [2.05, 4.69) is 14.7 Å². The van der Waals surface area contributed by atoms with E-state index in [4.69, 9.17) is 5.11 Å². The molecule has 4 rings (SSSR count). The molecule has 2 saturated heterocycles. The second kappa shape index (κ2) is 6.76. The number of likely N-dealkylation sites (tertiary alicyclic amines) is 1. The summed E-state index contributed by atoms with van der Waals surface area (Å²) < 4.78 is 0. The number of aliphatic hydroxyl groups is 1. The maximum Gasteiger partial charge on any atom is 0.0558 e. The van der Waals surface area contributed by atoms with Crippen molar-refractivity contribution in [2.24, 2.45) is 11.8 Å². The molecule has 4 nitrogen and oxygen atoms in total. The molecular weight excluding hydrogens is 274 g/mol. The number of β-amino-alcohol motifs (C(OH)–C–C–N with tert-alkyl or cyclic N) is 1. The molecule has 2 aliphatic carbocycles. The van der Waals surface area contributed by atoms with Gasteiger partial charge in [-0.05, 0) is 57.0 Å². The quantitative estimate of drug-likeness (QED) is 0.847. The lowest BCUT2D eigenvalue weighted by Crippen LogP contribution is -2.54. The molecule has 0 radical (unpaired) electrons. The van der Waals surface area contributed by atoms with Gasteiger partial charge >= 0.3 is 0 Å². The third-order valence-corrected chi connectivity index (χ3v) is 7.01. The van der Waals surface area contributed by atoms with Gasteiger partial charge in [0.1, 0.15) is 0 Å². The molecule has 3 atom stereocenters. The van der Waals surface area contributed by atoms with Crippen LogP contribution in [0.25, 0.3) is 0 Å². The number of hydrogen-bond donors (Lipinski definition) is 1. The average molecular weight is 307 g/mol. The molecule has 0 unspecified atom stereocenters. The van der Waals surface area contributed by atoms with Crippen molar-refractivity contribution in [3.8, 4) is 0 Å². The van der Waals surface area contributed by atoms with Crippen LogP contribution >= 0.6 is 0 Å². The highest BCUT2D eigenvalue weighted by Gasteiger charge is 2.43. The standard InChI is InChI=1S/C18H33N3O/c22-12-11-19-7-9-20(10-8-19)17-3-5-21(6-4-17)18-14-15-1-2-16(18)13-15/h15-18,22H,1-14H2/t15-,16-,18+/m1/s1. The summed E-state index contributed by atoms with van der Waals surface area (Å²) >= 11 is 0. The predicted molar refractivity (Wildman–Crippen MR) is 88.9 cm³/mol. The van der Waals surface area contributed by atoms with E-state index in [1.54, 1.807) is 0 Å². The van der Waals surface area contributed by atoms with Gasteiger partial charge in [-0.15, -0.1) is 0 Å². The summed E-state index contributed by atoms with van der Waals surface area (Å²) in [5.41, 5.74) is 0. The largest absolute Gasteiger partial charge is 0.395 e. The van der Waals surface area contributed by atoms with Crippen molar-refractivity contribution in [2.75, 3.05) is 52.4 Å². The second-order valence-corrected chi connectivity index (χ2v) is 8.11. The molecular formula is C18H33N3O. The number of hydrogen-bond acceptors (Lipinski definition) is 4. The van der Waals surface area contributed by atoms with E-state index in [1.807, 2.05) is 0 Å². The van der Waals surface area contributed by atoms with E-state index in [-0.39, 0.29) is 0 Å². The van der Waals surface area contributed by atoms with Gasteiger partial charge in [-0.1, -0.05) is 6.42 Å². The topological polar surface area (TPSA) is 30.0 Å². The van der Waals surface area contributed by atoms with Crippen molar-refractivity contribution in [3.05, 3.63) is 0 Å². The van der Waals surface area contributed by atoms with Crippen molar-refractivity contribution >= 4 is 0 Å². The summed E-state index contributed by atoms with van der Waals surface area (Å²) in [6.07, 6.45) is 8.85. The number of nitrogens with zero attached hydrogens (tertiary/aromatic N) is 3. The Labute approximate surface area is 135 Å². The van der Waals surface area contributed by atoms with Crippen LogP contribution in [0.5, 0.6) is 0 Å². The first-order chi connectivity index (χ1) is 10.8. The molecule has 4 aliphatic rings. The van der Waals surface area contributed by atoms with E-state index >= 15 is 0 Å². The van der Waals surface area contributed by atoms with Gasteiger partial charge in [-0.3, -0.25) is 14.7 Å². The van der Waals surface area contributed by atoms with Crippen LogP contribution in [-0.4, -0.2) is 84.3 Å². The molecule has 4 fully saturated rings. The van der Waals surface area contributed by atoms with Gasteiger partial charge in [-0.2, -0.15) is 0 Å². The van der Waals surface area contributed by atoms with Gasteiger partial charge in [-0.25, -0.2) is 0 Å². The first-order valence-corrected chi connectivity index (χ1v) is 9.65. The minimum atomic E-state index is 0.307. The number of rotatable bonds is 4. The van der Waals surface area contributed by atoms with Gasteiger partial charge in [0.2, 0.25) is 0 Å².